The number of halogens is 2. The minimum atomic E-state index is -1.27. The molecule has 34 heavy (non-hydrogen) atoms. The second kappa shape index (κ2) is 8.76. The molecule has 3 aromatic carbocycles. The molecule has 1 spiro atoms. The van der Waals surface area contributed by atoms with Crippen LogP contribution in [-0.2, 0) is 22.8 Å². The number of hydrogen-bond acceptors (Lipinski definition) is 3. The fourth-order valence-electron chi connectivity index (χ4n) is 4.66. The molecule has 0 aliphatic carbocycles. The van der Waals surface area contributed by atoms with Crippen molar-refractivity contribution in [3.8, 4) is 0 Å². The van der Waals surface area contributed by atoms with E-state index in [1.54, 1.807) is 17.0 Å². The maximum atomic E-state index is 14.4. The molecule has 0 saturated carbocycles. The maximum absolute atomic E-state index is 14.4. The number of fused-ring (bicyclic) bond motifs is 2. The van der Waals surface area contributed by atoms with E-state index in [0.717, 1.165) is 11.1 Å². The SMILES string of the molecule is Cc1cccc(CNC(=O)N2CCS[C@@]23C(=O)N(Cc2c(F)cccc2F)c2ccccc23)c1. The van der Waals surface area contributed by atoms with E-state index in [1.165, 1.54) is 34.9 Å². The van der Waals surface area contributed by atoms with Crippen molar-refractivity contribution >= 4 is 29.4 Å². The van der Waals surface area contributed by atoms with Crippen LogP contribution in [0.3, 0.4) is 0 Å². The van der Waals surface area contributed by atoms with Crippen molar-refractivity contribution in [1.29, 1.82) is 0 Å². The molecule has 1 N–H and O–H groups in total. The number of para-hydroxylation sites is 1. The van der Waals surface area contributed by atoms with Gasteiger partial charge in [-0.25, -0.2) is 13.6 Å². The number of aryl methyl sites for hydroxylation is 1. The molecule has 0 unspecified atom stereocenters. The van der Waals surface area contributed by atoms with Gasteiger partial charge in [-0.2, -0.15) is 0 Å². The van der Waals surface area contributed by atoms with E-state index < -0.39 is 16.5 Å². The number of anilines is 1. The summed E-state index contributed by atoms with van der Waals surface area (Å²) in [6.07, 6.45) is 0. The highest BCUT2D eigenvalue weighted by Gasteiger charge is 2.59. The molecule has 5 nitrogen and oxygen atoms in total. The van der Waals surface area contributed by atoms with Crippen molar-refractivity contribution in [3.63, 3.8) is 0 Å². The molecule has 1 atom stereocenters. The zero-order valence-electron chi connectivity index (χ0n) is 18.6. The van der Waals surface area contributed by atoms with E-state index in [0.29, 0.717) is 30.1 Å². The Kier molecular flexibility index (Phi) is 5.77. The minimum absolute atomic E-state index is 0.179. The third-order valence-electron chi connectivity index (χ3n) is 6.25. The number of benzene rings is 3. The molecule has 174 valence electrons. The van der Waals surface area contributed by atoms with Gasteiger partial charge >= 0.3 is 6.03 Å². The number of urea groups is 1. The number of carbonyl (C=O) groups excluding carboxylic acids is 2. The largest absolute Gasteiger partial charge is 0.334 e. The summed E-state index contributed by atoms with van der Waals surface area (Å²) in [6, 6.07) is 18.3. The number of amides is 3. The summed E-state index contributed by atoms with van der Waals surface area (Å²) in [5, 5.41) is 2.94. The number of nitrogens with zero attached hydrogens (tertiary/aromatic N) is 2. The molecule has 1 saturated heterocycles. The van der Waals surface area contributed by atoms with Gasteiger partial charge in [0.15, 0.2) is 4.87 Å². The summed E-state index contributed by atoms with van der Waals surface area (Å²) in [4.78, 5) is 28.9. The molecule has 3 amide bonds. The van der Waals surface area contributed by atoms with E-state index >= 15 is 0 Å². The zero-order chi connectivity index (χ0) is 23.9. The van der Waals surface area contributed by atoms with Crippen LogP contribution in [0.15, 0.2) is 66.7 Å². The summed E-state index contributed by atoms with van der Waals surface area (Å²) in [5.41, 5.74) is 3.09. The van der Waals surface area contributed by atoms with Crippen LogP contribution in [0, 0.1) is 18.6 Å². The first-order valence-electron chi connectivity index (χ1n) is 11.0. The van der Waals surface area contributed by atoms with Gasteiger partial charge in [0.1, 0.15) is 11.6 Å². The van der Waals surface area contributed by atoms with Crippen LogP contribution in [0.4, 0.5) is 19.3 Å². The second-order valence-electron chi connectivity index (χ2n) is 8.40. The Labute approximate surface area is 200 Å². The molecule has 1 fully saturated rings. The first-order valence-corrected chi connectivity index (χ1v) is 12.0. The second-order valence-corrected chi connectivity index (χ2v) is 9.69. The lowest BCUT2D eigenvalue weighted by molar-refractivity contribution is -0.123. The van der Waals surface area contributed by atoms with Crippen LogP contribution in [0.5, 0.6) is 0 Å². The van der Waals surface area contributed by atoms with Gasteiger partial charge in [-0.15, -0.1) is 11.8 Å². The third-order valence-corrected chi connectivity index (χ3v) is 7.67. The molecule has 8 heteroatoms. The Morgan fingerprint density at radius 2 is 1.79 bits per heavy atom. The summed E-state index contributed by atoms with van der Waals surface area (Å²) in [6.45, 7) is 2.44. The lowest BCUT2D eigenvalue weighted by atomic mass is 10.1. The van der Waals surface area contributed by atoms with Crippen molar-refractivity contribution in [3.05, 3.63) is 101 Å². The van der Waals surface area contributed by atoms with E-state index in [-0.39, 0.29) is 24.0 Å². The van der Waals surface area contributed by atoms with Gasteiger partial charge in [0.05, 0.1) is 12.2 Å². The molecule has 2 aliphatic heterocycles. The van der Waals surface area contributed by atoms with Crippen molar-refractivity contribution in [2.24, 2.45) is 0 Å². The van der Waals surface area contributed by atoms with Crippen LogP contribution >= 0.6 is 11.8 Å². The molecule has 0 bridgehead atoms. The standard InChI is InChI=1S/C26H23F2N3O2S/c1-17-6-4-7-18(14-17)15-29-25(33)31-12-13-34-26(31)20-8-2-3-11-23(20)30(24(26)32)16-19-21(27)9-5-10-22(19)28/h2-11,14H,12-13,15-16H2,1H3,(H,29,33)/t26-/m0/s1. The van der Waals surface area contributed by atoms with Crippen LogP contribution in [0.2, 0.25) is 0 Å². The van der Waals surface area contributed by atoms with Crippen molar-refractivity contribution in [2.75, 3.05) is 17.2 Å². The zero-order valence-corrected chi connectivity index (χ0v) is 19.4. The first kappa shape index (κ1) is 22.4. The fourth-order valence-corrected chi connectivity index (χ4v) is 6.12. The average molecular weight is 480 g/mol. The summed E-state index contributed by atoms with van der Waals surface area (Å²) < 4.78 is 28.8. The van der Waals surface area contributed by atoms with Crippen LogP contribution in [0.1, 0.15) is 22.3 Å². The highest BCUT2D eigenvalue weighted by atomic mass is 32.2. The van der Waals surface area contributed by atoms with Crippen LogP contribution < -0.4 is 10.2 Å². The summed E-state index contributed by atoms with van der Waals surface area (Å²) >= 11 is 1.37. The number of nitrogens with one attached hydrogen (secondary N) is 1. The van der Waals surface area contributed by atoms with E-state index in [1.807, 2.05) is 43.3 Å². The van der Waals surface area contributed by atoms with Crippen molar-refractivity contribution in [2.45, 2.75) is 24.9 Å². The molecule has 0 radical (unpaired) electrons. The Balaban J connectivity index is 1.46. The Bertz CT molecular complexity index is 1260. The quantitative estimate of drug-likeness (QED) is 0.577. The lowest BCUT2D eigenvalue weighted by Gasteiger charge is -2.33. The number of rotatable bonds is 4. The first-order chi connectivity index (χ1) is 16.4. The van der Waals surface area contributed by atoms with Crippen LogP contribution in [0.25, 0.3) is 0 Å². The molecule has 0 aromatic heterocycles. The summed E-state index contributed by atoms with van der Waals surface area (Å²) in [5.74, 6) is -1.22. The highest BCUT2D eigenvalue weighted by Crippen LogP contribution is 2.54. The van der Waals surface area contributed by atoms with Gasteiger partial charge in [0.2, 0.25) is 0 Å². The number of hydrogen-bond donors (Lipinski definition) is 1. The Morgan fingerprint density at radius 3 is 2.56 bits per heavy atom. The van der Waals surface area contributed by atoms with Crippen LogP contribution in [-0.4, -0.2) is 29.1 Å². The number of carbonyl (C=O) groups is 2. The number of thioether (sulfide) groups is 1. The molecule has 5 rings (SSSR count). The van der Waals surface area contributed by atoms with Gasteiger partial charge in [-0.05, 0) is 30.7 Å². The molecular formula is C26H23F2N3O2S. The van der Waals surface area contributed by atoms with Gasteiger partial charge in [-0.3, -0.25) is 9.69 Å². The van der Waals surface area contributed by atoms with Crippen molar-refractivity contribution in [1.82, 2.24) is 10.2 Å². The van der Waals surface area contributed by atoms with Gasteiger partial charge in [-0.1, -0.05) is 54.1 Å². The fraction of sp³-hybridized carbons (Fsp3) is 0.231. The summed E-state index contributed by atoms with van der Waals surface area (Å²) in [7, 11) is 0. The third kappa shape index (κ3) is 3.62. The van der Waals surface area contributed by atoms with Gasteiger partial charge in [0, 0.05) is 30.0 Å². The smallest absolute Gasteiger partial charge is 0.319 e. The molecule has 2 heterocycles. The van der Waals surface area contributed by atoms with Crippen molar-refractivity contribution < 1.29 is 18.4 Å². The molecular weight excluding hydrogens is 456 g/mol. The Hall–Kier alpha value is -3.39. The van der Waals surface area contributed by atoms with E-state index in [2.05, 4.69) is 5.32 Å². The predicted octanol–water partition coefficient (Wildman–Crippen LogP) is 4.93. The molecule has 2 aliphatic rings. The van der Waals surface area contributed by atoms with E-state index in [4.69, 9.17) is 0 Å². The predicted molar refractivity (Wildman–Crippen MR) is 128 cm³/mol. The van der Waals surface area contributed by atoms with E-state index in [9.17, 15) is 18.4 Å². The molecule has 3 aromatic rings. The monoisotopic (exact) mass is 479 g/mol. The lowest BCUT2D eigenvalue weighted by Crippen LogP contribution is -2.53. The minimum Gasteiger partial charge on any atom is -0.334 e. The van der Waals surface area contributed by atoms with Gasteiger partial charge in [0.25, 0.3) is 5.91 Å². The van der Waals surface area contributed by atoms with Gasteiger partial charge < -0.3 is 10.2 Å². The Morgan fingerprint density at radius 1 is 1.06 bits per heavy atom. The normalized spacial score (nSPS) is 19.1. The highest BCUT2D eigenvalue weighted by molar-refractivity contribution is 8.01. The average Bonchev–Trinajstić information content (AvgIpc) is 3.37. The maximum Gasteiger partial charge on any atom is 0.319 e. The topological polar surface area (TPSA) is 52.7 Å².